The Morgan fingerprint density at radius 2 is 1.55 bits per heavy atom. The maximum atomic E-state index is 3.34. The molecule has 96 valence electrons. The molecule has 20 heavy (non-hydrogen) atoms. The monoisotopic (exact) mass is 322 g/mol. The molecule has 0 N–H and O–H groups in total. The molecule has 0 unspecified atom stereocenters. The molecular formula is C19H14Se. The van der Waals surface area contributed by atoms with Crippen LogP contribution >= 0.6 is 0 Å². The Morgan fingerprint density at radius 1 is 0.800 bits per heavy atom. The molecule has 0 bridgehead atoms. The first-order valence-electron chi connectivity index (χ1n) is 6.55. The summed E-state index contributed by atoms with van der Waals surface area (Å²) >= 11 is 0.186. The third kappa shape index (κ3) is 2.94. The van der Waals surface area contributed by atoms with E-state index < -0.39 is 0 Å². The van der Waals surface area contributed by atoms with E-state index in [0.29, 0.717) is 0 Å². The third-order valence-electron chi connectivity index (χ3n) is 3.16. The molecule has 0 aromatic heterocycles. The molecule has 0 saturated heterocycles. The van der Waals surface area contributed by atoms with Crippen LogP contribution < -0.4 is 4.46 Å². The molecule has 1 heteroatoms. The maximum absolute atomic E-state index is 3.34. The average molecular weight is 321 g/mol. The number of rotatable bonds is 1. The quantitative estimate of drug-likeness (QED) is 0.475. The van der Waals surface area contributed by atoms with Crippen molar-refractivity contribution in [1.82, 2.24) is 0 Å². The molecule has 0 aliphatic heterocycles. The Bertz CT molecular complexity index is 784. The van der Waals surface area contributed by atoms with E-state index in [1.807, 2.05) is 0 Å². The van der Waals surface area contributed by atoms with Gasteiger partial charge in [0.05, 0.1) is 0 Å². The van der Waals surface area contributed by atoms with E-state index in [4.69, 9.17) is 0 Å². The van der Waals surface area contributed by atoms with E-state index in [9.17, 15) is 0 Å². The Kier molecular flexibility index (Phi) is 3.88. The molecule has 3 rings (SSSR count). The summed E-state index contributed by atoms with van der Waals surface area (Å²) in [6.07, 6.45) is 0. The van der Waals surface area contributed by atoms with E-state index in [1.165, 1.54) is 20.8 Å². The summed E-state index contributed by atoms with van der Waals surface area (Å²) < 4.78 is 1.36. The first-order chi connectivity index (χ1) is 9.83. The predicted octanol–water partition coefficient (Wildman–Crippen LogP) is 3.49. The van der Waals surface area contributed by atoms with Crippen molar-refractivity contribution in [2.75, 3.05) is 0 Å². The Morgan fingerprint density at radius 3 is 2.40 bits per heavy atom. The molecule has 0 heterocycles. The van der Waals surface area contributed by atoms with Crippen molar-refractivity contribution in [2.24, 2.45) is 0 Å². The van der Waals surface area contributed by atoms with Gasteiger partial charge >= 0.3 is 126 Å². The molecule has 0 aliphatic rings. The van der Waals surface area contributed by atoms with Crippen LogP contribution in [0.25, 0.3) is 10.8 Å². The van der Waals surface area contributed by atoms with Crippen LogP contribution in [0.3, 0.4) is 0 Å². The fraction of sp³-hybridized carbons (Fsp3) is 0.0526. The molecular weight excluding hydrogens is 307 g/mol. The van der Waals surface area contributed by atoms with Crippen LogP contribution in [0.5, 0.6) is 0 Å². The summed E-state index contributed by atoms with van der Waals surface area (Å²) in [7, 11) is 0. The van der Waals surface area contributed by atoms with Crippen LogP contribution in [0, 0.1) is 17.7 Å². The van der Waals surface area contributed by atoms with Gasteiger partial charge in [-0.3, -0.25) is 0 Å². The van der Waals surface area contributed by atoms with Gasteiger partial charge in [0.15, 0.2) is 0 Å². The second-order valence-electron chi connectivity index (χ2n) is 4.67. The number of fused-ring (bicyclic) bond motifs is 1. The van der Waals surface area contributed by atoms with Crippen molar-refractivity contribution < 1.29 is 0 Å². The summed E-state index contributed by atoms with van der Waals surface area (Å²) in [4.78, 5) is 3.34. The second kappa shape index (κ2) is 5.97. The molecule has 3 aromatic carbocycles. The van der Waals surface area contributed by atoms with E-state index in [1.54, 1.807) is 0 Å². The van der Waals surface area contributed by atoms with E-state index in [-0.39, 0.29) is 15.0 Å². The van der Waals surface area contributed by atoms with Gasteiger partial charge in [0.1, 0.15) is 0 Å². The zero-order valence-corrected chi connectivity index (χ0v) is 13.0. The minimum absolute atomic E-state index is 0.186. The Labute approximate surface area is 126 Å². The number of hydrogen-bond acceptors (Lipinski definition) is 0. The summed E-state index contributed by atoms with van der Waals surface area (Å²) in [6.45, 7) is 2.09. The van der Waals surface area contributed by atoms with Gasteiger partial charge in [-0.1, -0.05) is 0 Å². The van der Waals surface area contributed by atoms with Crippen LogP contribution in [-0.4, -0.2) is 15.0 Å². The Balaban J connectivity index is 1.86. The van der Waals surface area contributed by atoms with Crippen LogP contribution in [0.4, 0.5) is 0 Å². The number of hydrogen-bond donors (Lipinski definition) is 0. The summed E-state index contributed by atoms with van der Waals surface area (Å²) in [5, 5.41) is 2.62. The van der Waals surface area contributed by atoms with Crippen molar-refractivity contribution in [3.05, 3.63) is 77.9 Å². The molecule has 0 radical (unpaired) electrons. The molecule has 0 atom stereocenters. The van der Waals surface area contributed by atoms with Crippen LogP contribution in [0.2, 0.25) is 0 Å². The van der Waals surface area contributed by atoms with Crippen molar-refractivity contribution >= 4 is 30.2 Å². The topological polar surface area (TPSA) is 0 Å². The van der Waals surface area contributed by atoms with Crippen molar-refractivity contribution in [3.63, 3.8) is 0 Å². The minimum atomic E-state index is 0.186. The molecule has 3 aromatic rings. The zero-order valence-electron chi connectivity index (χ0n) is 11.3. The summed E-state index contributed by atoms with van der Waals surface area (Å²) in [5.74, 6) is 3.26. The van der Waals surface area contributed by atoms with Crippen LogP contribution in [0.15, 0.2) is 66.7 Å². The third-order valence-corrected chi connectivity index (χ3v) is 4.79. The molecule has 0 saturated carbocycles. The van der Waals surface area contributed by atoms with Crippen molar-refractivity contribution in [2.45, 2.75) is 6.92 Å². The fourth-order valence-electron chi connectivity index (χ4n) is 2.06. The summed E-state index contributed by atoms with van der Waals surface area (Å²) in [5.41, 5.74) is 2.37. The van der Waals surface area contributed by atoms with Gasteiger partial charge < -0.3 is 0 Å². The number of benzene rings is 3. The summed E-state index contributed by atoms with van der Waals surface area (Å²) in [6, 6.07) is 23.4. The van der Waals surface area contributed by atoms with E-state index >= 15 is 0 Å². The van der Waals surface area contributed by atoms with E-state index in [2.05, 4.69) is 84.4 Å². The molecule has 0 fully saturated rings. The SMILES string of the molecule is Cc1ccc(C#C[Se]c2cccc3ccccc23)cc1. The standard InChI is InChI=1S/C19H14Se/c1-15-9-11-16(12-10-15)13-14-20-19-8-4-6-17-5-2-3-7-18(17)19/h2-12H,1H3. The normalized spacial score (nSPS) is 10.1. The van der Waals surface area contributed by atoms with Gasteiger partial charge in [-0.2, -0.15) is 0 Å². The van der Waals surface area contributed by atoms with Crippen LogP contribution in [-0.2, 0) is 0 Å². The van der Waals surface area contributed by atoms with Crippen molar-refractivity contribution in [3.8, 4) is 10.7 Å². The van der Waals surface area contributed by atoms with Gasteiger partial charge in [-0.25, -0.2) is 0 Å². The average Bonchev–Trinajstić information content (AvgIpc) is 2.49. The van der Waals surface area contributed by atoms with Crippen LogP contribution in [0.1, 0.15) is 11.1 Å². The predicted molar refractivity (Wildman–Crippen MR) is 87.4 cm³/mol. The second-order valence-corrected chi connectivity index (χ2v) is 6.45. The molecule has 0 aliphatic carbocycles. The number of aryl methyl sites for hydroxylation is 1. The first kappa shape index (κ1) is 13.0. The Hall–Kier alpha value is -2.00. The van der Waals surface area contributed by atoms with Gasteiger partial charge in [-0.15, -0.1) is 0 Å². The van der Waals surface area contributed by atoms with Gasteiger partial charge in [0.2, 0.25) is 0 Å². The molecule has 0 spiro atoms. The van der Waals surface area contributed by atoms with E-state index in [0.717, 1.165) is 5.56 Å². The van der Waals surface area contributed by atoms with Gasteiger partial charge in [-0.05, 0) is 0 Å². The molecule has 0 amide bonds. The van der Waals surface area contributed by atoms with Gasteiger partial charge in [0.25, 0.3) is 0 Å². The zero-order chi connectivity index (χ0) is 13.8. The van der Waals surface area contributed by atoms with Gasteiger partial charge in [0, 0.05) is 0 Å². The first-order valence-corrected chi connectivity index (χ1v) is 8.26. The fourth-order valence-corrected chi connectivity index (χ4v) is 3.57. The van der Waals surface area contributed by atoms with Crippen molar-refractivity contribution in [1.29, 1.82) is 0 Å². The molecule has 0 nitrogen and oxygen atoms in total.